The lowest BCUT2D eigenvalue weighted by Gasteiger charge is -2.22. The predicted molar refractivity (Wildman–Crippen MR) is 60.7 cm³/mol. The lowest BCUT2D eigenvalue weighted by atomic mass is 9.86. The van der Waals surface area contributed by atoms with Crippen molar-refractivity contribution in [3.63, 3.8) is 0 Å². The zero-order valence-corrected chi connectivity index (χ0v) is 10.8. The standard InChI is InChI=1S/C13H12F6O2/c1-6-9(5-20-11(6)13(17,18)19)8-3-2-7(14)4-10(8)21-12(15)16/h2-4,6,9,11-12H,5H2,1H3. The third-order valence-corrected chi connectivity index (χ3v) is 3.48. The van der Waals surface area contributed by atoms with Gasteiger partial charge in [0.2, 0.25) is 0 Å². The van der Waals surface area contributed by atoms with Gasteiger partial charge in [-0.05, 0) is 6.07 Å². The van der Waals surface area contributed by atoms with Crippen molar-refractivity contribution in [2.45, 2.75) is 31.7 Å². The van der Waals surface area contributed by atoms with Crippen LogP contribution in [0.15, 0.2) is 18.2 Å². The van der Waals surface area contributed by atoms with Crippen LogP contribution < -0.4 is 4.74 Å². The predicted octanol–water partition coefficient (Wildman–Crippen LogP) is 4.11. The van der Waals surface area contributed by atoms with Gasteiger partial charge in [0.05, 0.1) is 6.61 Å². The zero-order chi connectivity index (χ0) is 15.8. The van der Waals surface area contributed by atoms with Gasteiger partial charge in [-0.2, -0.15) is 22.0 Å². The van der Waals surface area contributed by atoms with Crippen molar-refractivity contribution in [2.24, 2.45) is 5.92 Å². The van der Waals surface area contributed by atoms with Gasteiger partial charge in [0, 0.05) is 23.5 Å². The summed E-state index contributed by atoms with van der Waals surface area (Å²) >= 11 is 0. The third kappa shape index (κ3) is 3.42. The first kappa shape index (κ1) is 15.9. The van der Waals surface area contributed by atoms with E-state index in [4.69, 9.17) is 4.74 Å². The number of rotatable bonds is 3. The molecule has 1 aromatic carbocycles. The van der Waals surface area contributed by atoms with E-state index in [2.05, 4.69) is 4.74 Å². The molecule has 1 aliphatic heterocycles. The fourth-order valence-corrected chi connectivity index (χ4v) is 2.50. The molecule has 1 heterocycles. The first-order chi connectivity index (χ1) is 9.70. The maximum Gasteiger partial charge on any atom is 0.414 e. The molecule has 21 heavy (non-hydrogen) atoms. The molecular formula is C13H12F6O2. The first-order valence-electron chi connectivity index (χ1n) is 6.12. The molecule has 1 aliphatic rings. The van der Waals surface area contributed by atoms with Crippen LogP contribution in [-0.4, -0.2) is 25.5 Å². The molecule has 3 atom stereocenters. The highest BCUT2D eigenvalue weighted by Gasteiger charge is 2.51. The van der Waals surface area contributed by atoms with Crippen LogP contribution in [-0.2, 0) is 4.74 Å². The van der Waals surface area contributed by atoms with E-state index < -0.39 is 42.3 Å². The van der Waals surface area contributed by atoms with Crippen molar-refractivity contribution in [1.29, 1.82) is 0 Å². The summed E-state index contributed by atoms with van der Waals surface area (Å²) in [6, 6.07) is 2.87. The van der Waals surface area contributed by atoms with Crippen LogP contribution in [0, 0.1) is 11.7 Å². The topological polar surface area (TPSA) is 18.5 Å². The van der Waals surface area contributed by atoms with Crippen molar-refractivity contribution in [3.05, 3.63) is 29.6 Å². The smallest absolute Gasteiger partial charge is 0.414 e. The Morgan fingerprint density at radius 1 is 1.29 bits per heavy atom. The van der Waals surface area contributed by atoms with Gasteiger partial charge in [-0.25, -0.2) is 4.39 Å². The number of hydrogen-bond acceptors (Lipinski definition) is 2. The summed E-state index contributed by atoms with van der Waals surface area (Å²) in [4.78, 5) is 0. The Bertz CT molecular complexity index is 502. The molecule has 0 bridgehead atoms. The molecular weight excluding hydrogens is 302 g/mol. The molecule has 0 N–H and O–H groups in total. The molecule has 1 aromatic rings. The molecule has 1 saturated heterocycles. The largest absolute Gasteiger partial charge is 0.434 e. The van der Waals surface area contributed by atoms with Gasteiger partial charge in [-0.3, -0.25) is 0 Å². The first-order valence-corrected chi connectivity index (χ1v) is 6.12. The average Bonchev–Trinajstić information content (AvgIpc) is 2.70. The summed E-state index contributed by atoms with van der Waals surface area (Å²) in [6.45, 7) is -2.18. The van der Waals surface area contributed by atoms with Crippen LogP contribution in [0.4, 0.5) is 26.3 Å². The van der Waals surface area contributed by atoms with Crippen LogP contribution in [0.2, 0.25) is 0 Å². The van der Waals surface area contributed by atoms with Crippen molar-refractivity contribution in [3.8, 4) is 5.75 Å². The molecule has 0 radical (unpaired) electrons. The third-order valence-electron chi connectivity index (χ3n) is 3.48. The second kappa shape index (κ2) is 5.75. The van der Waals surface area contributed by atoms with E-state index in [0.29, 0.717) is 0 Å². The molecule has 3 unspecified atom stereocenters. The molecule has 118 valence electrons. The molecule has 1 fully saturated rings. The van der Waals surface area contributed by atoms with Crippen molar-refractivity contribution >= 4 is 0 Å². The molecule has 0 amide bonds. The fourth-order valence-electron chi connectivity index (χ4n) is 2.50. The number of halogens is 6. The van der Waals surface area contributed by atoms with E-state index in [1.807, 2.05) is 0 Å². The molecule has 2 nitrogen and oxygen atoms in total. The molecule has 0 spiro atoms. The van der Waals surface area contributed by atoms with Gasteiger partial charge < -0.3 is 9.47 Å². The van der Waals surface area contributed by atoms with E-state index in [9.17, 15) is 26.3 Å². The Labute approximate surface area is 116 Å². The van der Waals surface area contributed by atoms with E-state index in [0.717, 1.165) is 18.2 Å². The minimum atomic E-state index is -4.54. The van der Waals surface area contributed by atoms with Crippen LogP contribution in [0.3, 0.4) is 0 Å². The fraction of sp³-hybridized carbons (Fsp3) is 0.538. The van der Waals surface area contributed by atoms with Crippen LogP contribution >= 0.6 is 0 Å². The van der Waals surface area contributed by atoms with E-state index >= 15 is 0 Å². The van der Waals surface area contributed by atoms with Gasteiger partial charge in [0.25, 0.3) is 0 Å². The van der Waals surface area contributed by atoms with E-state index in [1.54, 1.807) is 0 Å². The number of ether oxygens (including phenoxy) is 2. The molecule has 8 heteroatoms. The van der Waals surface area contributed by atoms with E-state index in [1.165, 1.54) is 6.92 Å². The monoisotopic (exact) mass is 314 g/mol. The number of benzene rings is 1. The highest BCUT2D eigenvalue weighted by Crippen LogP contribution is 2.44. The summed E-state index contributed by atoms with van der Waals surface area (Å²) in [7, 11) is 0. The Morgan fingerprint density at radius 3 is 2.48 bits per heavy atom. The van der Waals surface area contributed by atoms with Crippen molar-refractivity contribution < 1.29 is 35.8 Å². The summed E-state index contributed by atoms with van der Waals surface area (Å²) < 4.78 is 84.9. The Kier molecular flexibility index (Phi) is 4.36. The zero-order valence-electron chi connectivity index (χ0n) is 10.8. The van der Waals surface area contributed by atoms with Crippen molar-refractivity contribution in [2.75, 3.05) is 6.61 Å². The summed E-state index contributed by atoms with van der Waals surface area (Å²) in [5.74, 6) is -3.07. The highest BCUT2D eigenvalue weighted by atomic mass is 19.4. The molecule has 2 rings (SSSR count). The lowest BCUT2D eigenvalue weighted by molar-refractivity contribution is -0.215. The molecule has 0 saturated carbocycles. The minimum Gasteiger partial charge on any atom is -0.434 e. The maximum absolute atomic E-state index is 13.1. The van der Waals surface area contributed by atoms with Gasteiger partial charge in [-0.15, -0.1) is 0 Å². The Balaban J connectivity index is 2.30. The SMILES string of the molecule is CC1C(c2ccc(F)cc2OC(F)F)COC1C(F)(F)F. The second-order valence-corrected chi connectivity index (χ2v) is 4.82. The van der Waals surface area contributed by atoms with Gasteiger partial charge in [-0.1, -0.05) is 13.0 Å². The van der Waals surface area contributed by atoms with Gasteiger partial charge in [0.15, 0.2) is 6.10 Å². The summed E-state index contributed by atoms with van der Waals surface area (Å²) in [6.07, 6.45) is -6.52. The lowest BCUT2D eigenvalue weighted by Crippen LogP contribution is -2.33. The van der Waals surface area contributed by atoms with Crippen molar-refractivity contribution in [1.82, 2.24) is 0 Å². The highest BCUT2D eigenvalue weighted by molar-refractivity contribution is 5.38. The number of hydrogen-bond donors (Lipinski definition) is 0. The van der Waals surface area contributed by atoms with Crippen LogP contribution in [0.1, 0.15) is 18.4 Å². The summed E-state index contributed by atoms with van der Waals surface area (Å²) in [5, 5.41) is 0. The van der Waals surface area contributed by atoms with E-state index in [-0.39, 0.29) is 12.2 Å². The normalized spacial score (nSPS) is 26.4. The van der Waals surface area contributed by atoms with Crippen LogP contribution in [0.25, 0.3) is 0 Å². The Hall–Kier alpha value is -1.44. The van der Waals surface area contributed by atoms with Gasteiger partial charge >= 0.3 is 12.8 Å². The maximum atomic E-state index is 13.1. The second-order valence-electron chi connectivity index (χ2n) is 4.82. The Morgan fingerprint density at radius 2 is 1.95 bits per heavy atom. The molecule has 0 aliphatic carbocycles. The minimum absolute atomic E-state index is 0.0796. The number of alkyl halides is 5. The summed E-state index contributed by atoms with van der Waals surface area (Å²) in [5.41, 5.74) is 0.0796. The molecule has 0 aromatic heterocycles. The van der Waals surface area contributed by atoms with Gasteiger partial charge in [0.1, 0.15) is 11.6 Å². The quantitative estimate of drug-likeness (QED) is 0.782. The average molecular weight is 314 g/mol. The van der Waals surface area contributed by atoms with Crippen LogP contribution in [0.5, 0.6) is 5.75 Å².